The van der Waals surface area contributed by atoms with Crippen LogP contribution in [0.25, 0.3) is 16.2 Å². The van der Waals surface area contributed by atoms with Gasteiger partial charge in [-0.15, -0.1) is 11.3 Å². The molecule has 4 aromatic rings. The topological polar surface area (TPSA) is 46.4 Å². The number of imidazole rings is 1. The maximum Gasteiger partial charge on any atom is 0.230 e. The quantitative estimate of drug-likeness (QED) is 0.487. The highest BCUT2D eigenvalue weighted by atomic mass is 79.9. The van der Waals surface area contributed by atoms with Crippen LogP contribution in [-0.4, -0.2) is 15.3 Å². The third kappa shape index (κ3) is 3.54. The number of aromatic nitrogens is 2. The number of halogens is 2. The molecule has 0 saturated heterocycles. The van der Waals surface area contributed by atoms with Crippen LogP contribution in [0.4, 0.5) is 10.1 Å². The summed E-state index contributed by atoms with van der Waals surface area (Å²) >= 11 is 4.95. The normalized spacial score (nSPS) is 11.0. The summed E-state index contributed by atoms with van der Waals surface area (Å²) in [5.41, 5.74) is 3.14. The van der Waals surface area contributed by atoms with Crippen molar-refractivity contribution in [3.05, 3.63) is 76.1 Å². The monoisotopic (exact) mass is 429 g/mol. The van der Waals surface area contributed by atoms with E-state index in [1.165, 1.54) is 23.5 Å². The van der Waals surface area contributed by atoms with E-state index in [2.05, 4.69) is 26.2 Å². The van der Waals surface area contributed by atoms with E-state index in [9.17, 15) is 9.18 Å². The highest BCUT2D eigenvalue weighted by Gasteiger charge is 2.13. The molecule has 0 unspecified atom stereocenters. The molecule has 0 saturated carbocycles. The van der Waals surface area contributed by atoms with Crippen molar-refractivity contribution in [1.29, 1.82) is 0 Å². The van der Waals surface area contributed by atoms with Gasteiger partial charge in [-0.25, -0.2) is 9.37 Å². The van der Waals surface area contributed by atoms with Crippen LogP contribution in [0.5, 0.6) is 0 Å². The van der Waals surface area contributed by atoms with Gasteiger partial charge in [0, 0.05) is 33.0 Å². The molecule has 2 aromatic carbocycles. The average Bonchev–Trinajstić information content (AvgIpc) is 3.17. The van der Waals surface area contributed by atoms with Crippen molar-refractivity contribution >= 4 is 43.8 Å². The fourth-order valence-corrected chi connectivity index (χ4v) is 3.95. The molecule has 7 heteroatoms. The minimum absolute atomic E-state index is 0.185. The summed E-state index contributed by atoms with van der Waals surface area (Å²) in [6.07, 6.45) is 2.11. The number of rotatable bonds is 4. The molecular weight excluding hydrogens is 417 g/mol. The number of amides is 1. The third-order valence-electron chi connectivity index (χ3n) is 3.85. The smallest absolute Gasteiger partial charge is 0.230 e. The summed E-state index contributed by atoms with van der Waals surface area (Å²) in [5.74, 6) is -0.581. The Morgan fingerprint density at radius 2 is 2.08 bits per heavy atom. The second-order valence-corrected chi connectivity index (χ2v) is 7.50. The maximum atomic E-state index is 13.2. The number of nitrogens with one attached hydrogen (secondary N) is 1. The minimum atomic E-state index is -0.381. The van der Waals surface area contributed by atoms with Crippen molar-refractivity contribution in [3.63, 3.8) is 0 Å². The molecule has 1 N–H and O–H groups in total. The van der Waals surface area contributed by atoms with Crippen molar-refractivity contribution in [2.24, 2.45) is 0 Å². The molecule has 26 heavy (non-hydrogen) atoms. The number of nitrogens with zero attached hydrogens (tertiary/aromatic N) is 2. The van der Waals surface area contributed by atoms with E-state index in [0.29, 0.717) is 5.69 Å². The lowest BCUT2D eigenvalue weighted by Crippen LogP contribution is -2.15. The standard InChI is InChI=1S/C19H13BrFN3OS/c20-13-4-1-3-12(7-13)17-10-24-16(11-26-19(24)23-17)9-18(25)22-15-6-2-5-14(21)8-15/h1-8,10-11H,9H2,(H,22,25). The summed E-state index contributed by atoms with van der Waals surface area (Å²) in [6.45, 7) is 0. The van der Waals surface area contributed by atoms with Gasteiger partial charge in [0.25, 0.3) is 0 Å². The zero-order chi connectivity index (χ0) is 18.1. The van der Waals surface area contributed by atoms with E-state index in [0.717, 1.165) is 26.4 Å². The molecule has 2 aromatic heterocycles. The lowest BCUT2D eigenvalue weighted by atomic mass is 10.2. The lowest BCUT2D eigenvalue weighted by molar-refractivity contribution is -0.115. The van der Waals surface area contributed by atoms with Gasteiger partial charge in [-0.2, -0.15) is 0 Å². The number of hydrogen-bond donors (Lipinski definition) is 1. The predicted octanol–water partition coefficient (Wildman–Crippen LogP) is 5.15. The van der Waals surface area contributed by atoms with Crippen molar-refractivity contribution in [2.45, 2.75) is 6.42 Å². The van der Waals surface area contributed by atoms with Crippen LogP contribution < -0.4 is 5.32 Å². The molecule has 4 nitrogen and oxygen atoms in total. The van der Waals surface area contributed by atoms with Crippen LogP contribution in [0.15, 0.2) is 64.6 Å². The molecule has 0 atom stereocenters. The van der Waals surface area contributed by atoms with E-state index >= 15 is 0 Å². The third-order valence-corrected chi connectivity index (χ3v) is 5.24. The fourth-order valence-electron chi connectivity index (χ4n) is 2.68. The molecule has 4 rings (SSSR count). The molecule has 0 fully saturated rings. The van der Waals surface area contributed by atoms with Gasteiger partial charge in [-0.3, -0.25) is 9.20 Å². The van der Waals surface area contributed by atoms with Crippen LogP contribution in [-0.2, 0) is 11.2 Å². The van der Waals surface area contributed by atoms with Crippen molar-refractivity contribution in [2.75, 3.05) is 5.32 Å². The average molecular weight is 430 g/mol. The SMILES string of the molecule is O=C(Cc1csc2nc(-c3cccc(Br)c3)cn12)Nc1cccc(F)c1. The zero-order valence-electron chi connectivity index (χ0n) is 13.4. The second-order valence-electron chi connectivity index (χ2n) is 5.75. The first kappa shape index (κ1) is 16.9. The van der Waals surface area contributed by atoms with Gasteiger partial charge < -0.3 is 5.32 Å². The Kier molecular flexibility index (Phi) is 4.57. The molecule has 0 radical (unpaired) electrons. The van der Waals surface area contributed by atoms with Crippen LogP contribution in [0.2, 0.25) is 0 Å². The van der Waals surface area contributed by atoms with Gasteiger partial charge in [0.05, 0.1) is 12.1 Å². The molecule has 0 spiro atoms. The Morgan fingerprint density at radius 3 is 2.88 bits per heavy atom. The van der Waals surface area contributed by atoms with Crippen LogP contribution >= 0.6 is 27.3 Å². The summed E-state index contributed by atoms with van der Waals surface area (Å²) in [7, 11) is 0. The molecule has 0 bridgehead atoms. The molecule has 130 valence electrons. The zero-order valence-corrected chi connectivity index (χ0v) is 15.8. The summed E-state index contributed by atoms with van der Waals surface area (Å²) < 4.78 is 16.1. The van der Waals surface area contributed by atoms with Gasteiger partial charge in [0.1, 0.15) is 5.82 Å². The second kappa shape index (κ2) is 7.01. The van der Waals surface area contributed by atoms with E-state index in [4.69, 9.17) is 0 Å². The first-order valence-electron chi connectivity index (χ1n) is 7.85. The van der Waals surface area contributed by atoms with E-state index < -0.39 is 0 Å². The maximum absolute atomic E-state index is 13.2. The molecule has 2 heterocycles. The Bertz CT molecular complexity index is 1110. The number of anilines is 1. The van der Waals surface area contributed by atoms with Gasteiger partial charge in [0.2, 0.25) is 5.91 Å². The van der Waals surface area contributed by atoms with Crippen LogP contribution in [0, 0.1) is 5.82 Å². The molecule has 0 aliphatic heterocycles. The Morgan fingerprint density at radius 1 is 1.23 bits per heavy atom. The Hall–Kier alpha value is -2.51. The van der Waals surface area contributed by atoms with Crippen molar-refractivity contribution in [3.8, 4) is 11.3 Å². The van der Waals surface area contributed by atoms with Crippen molar-refractivity contribution < 1.29 is 9.18 Å². The Balaban J connectivity index is 1.56. The van der Waals surface area contributed by atoms with Gasteiger partial charge in [-0.1, -0.05) is 34.1 Å². The molecular formula is C19H13BrFN3OS. The van der Waals surface area contributed by atoms with Crippen molar-refractivity contribution in [1.82, 2.24) is 9.38 Å². The fraction of sp³-hybridized carbons (Fsp3) is 0.0526. The molecule has 0 aliphatic rings. The molecule has 0 aliphatic carbocycles. The summed E-state index contributed by atoms with van der Waals surface area (Å²) in [4.78, 5) is 17.7. The highest BCUT2D eigenvalue weighted by Crippen LogP contribution is 2.26. The summed E-state index contributed by atoms with van der Waals surface area (Å²) in [5, 5.41) is 4.63. The molecule has 1 amide bonds. The first-order valence-corrected chi connectivity index (χ1v) is 9.52. The van der Waals surface area contributed by atoms with Gasteiger partial charge in [-0.05, 0) is 30.3 Å². The van der Waals surface area contributed by atoms with E-state index in [1.807, 2.05) is 40.2 Å². The first-order chi connectivity index (χ1) is 12.6. The predicted molar refractivity (Wildman–Crippen MR) is 105 cm³/mol. The lowest BCUT2D eigenvalue weighted by Gasteiger charge is -2.04. The highest BCUT2D eigenvalue weighted by molar-refractivity contribution is 9.10. The minimum Gasteiger partial charge on any atom is -0.326 e. The van der Waals surface area contributed by atoms with Gasteiger partial charge in [0.15, 0.2) is 4.96 Å². The Labute approximate surface area is 161 Å². The number of hydrogen-bond acceptors (Lipinski definition) is 3. The number of benzene rings is 2. The number of carbonyl (C=O) groups is 1. The number of thiazole rings is 1. The van der Waals surface area contributed by atoms with Gasteiger partial charge >= 0.3 is 0 Å². The van der Waals surface area contributed by atoms with Crippen LogP contribution in [0.1, 0.15) is 5.69 Å². The van der Waals surface area contributed by atoms with Crippen LogP contribution in [0.3, 0.4) is 0 Å². The number of carbonyl (C=O) groups excluding carboxylic acids is 1. The number of fused-ring (bicyclic) bond motifs is 1. The van der Waals surface area contributed by atoms with E-state index in [1.54, 1.807) is 12.1 Å². The summed E-state index contributed by atoms with van der Waals surface area (Å²) in [6, 6.07) is 13.8. The van der Waals surface area contributed by atoms with E-state index in [-0.39, 0.29) is 18.1 Å². The largest absolute Gasteiger partial charge is 0.326 e.